The second-order valence-corrected chi connectivity index (χ2v) is 8.52. The highest BCUT2D eigenvalue weighted by Crippen LogP contribution is 2.46. The Balaban J connectivity index is 1.96. The maximum Gasteiger partial charge on any atom is 0.405 e. The fourth-order valence-corrected chi connectivity index (χ4v) is 3.95. The largest absolute Gasteiger partial charge is 0.441 e. The Labute approximate surface area is 156 Å². The molecule has 0 heterocycles. The van der Waals surface area contributed by atoms with E-state index in [1.807, 2.05) is 0 Å². The van der Waals surface area contributed by atoms with Crippen molar-refractivity contribution in [3.8, 4) is 11.1 Å². The van der Waals surface area contributed by atoms with Gasteiger partial charge >= 0.3 is 6.09 Å². The van der Waals surface area contributed by atoms with E-state index < -0.39 is 6.09 Å². The molecule has 0 saturated carbocycles. The van der Waals surface area contributed by atoms with Crippen LogP contribution in [0.5, 0.6) is 0 Å². The van der Waals surface area contributed by atoms with Crippen molar-refractivity contribution in [3.63, 3.8) is 0 Å². The van der Waals surface area contributed by atoms with E-state index in [2.05, 4.69) is 70.2 Å². The van der Waals surface area contributed by atoms with Gasteiger partial charge in [0.2, 0.25) is 0 Å². The third kappa shape index (κ3) is 3.92. The highest BCUT2D eigenvalue weighted by molar-refractivity contribution is 5.67. The van der Waals surface area contributed by atoms with E-state index in [1.165, 1.54) is 22.3 Å². The minimum absolute atomic E-state index is 0.110. The molecular weight excluding hydrogens is 322 g/mol. The molecule has 0 aliphatic heterocycles. The van der Waals surface area contributed by atoms with Crippen LogP contribution in [0, 0.1) is 11.3 Å². The zero-order valence-electron chi connectivity index (χ0n) is 16.2. The molecular formula is C23H29NO2. The number of primary amides is 1. The van der Waals surface area contributed by atoms with Gasteiger partial charge in [0, 0.05) is 5.41 Å². The Kier molecular flexibility index (Phi) is 5.08. The van der Waals surface area contributed by atoms with Gasteiger partial charge in [0.05, 0.1) is 0 Å². The van der Waals surface area contributed by atoms with Crippen LogP contribution in [-0.2, 0) is 17.6 Å². The summed E-state index contributed by atoms with van der Waals surface area (Å²) in [6.45, 7) is 8.75. The highest BCUT2D eigenvalue weighted by Gasteiger charge is 2.38. The summed E-state index contributed by atoms with van der Waals surface area (Å²) in [7, 11) is 0. The summed E-state index contributed by atoms with van der Waals surface area (Å²) in [6.07, 6.45) is 2.04. The van der Waals surface area contributed by atoms with Crippen LogP contribution in [0.25, 0.3) is 11.1 Å². The van der Waals surface area contributed by atoms with Crippen LogP contribution >= 0.6 is 0 Å². The number of rotatable bonds is 4. The summed E-state index contributed by atoms with van der Waals surface area (Å²) >= 11 is 0. The summed E-state index contributed by atoms with van der Waals surface area (Å²) in [5.41, 5.74) is 11.4. The molecule has 138 valence electrons. The van der Waals surface area contributed by atoms with Gasteiger partial charge in [-0.05, 0) is 53.0 Å². The molecule has 1 atom stereocenters. The summed E-state index contributed by atoms with van der Waals surface area (Å²) in [6, 6.07) is 15.3. The van der Waals surface area contributed by atoms with Crippen LogP contribution in [-0.4, -0.2) is 6.09 Å². The molecule has 0 unspecified atom stereocenters. The van der Waals surface area contributed by atoms with Crippen LogP contribution in [0.4, 0.5) is 4.79 Å². The van der Waals surface area contributed by atoms with Crippen molar-refractivity contribution in [2.75, 3.05) is 0 Å². The second kappa shape index (κ2) is 7.14. The lowest BCUT2D eigenvalue weighted by Gasteiger charge is -2.39. The molecule has 2 aromatic carbocycles. The first-order chi connectivity index (χ1) is 12.3. The molecule has 0 saturated heterocycles. The maximum absolute atomic E-state index is 11.4. The number of hydrogen-bond acceptors (Lipinski definition) is 2. The lowest BCUT2D eigenvalue weighted by atomic mass is 9.71. The molecule has 1 aliphatic carbocycles. The van der Waals surface area contributed by atoms with E-state index in [1.54, 1.807) is 0 Å². The molecule has 1 aliphatic rings. The Morgan fingerprint density at radius 1 is 1.19 bits per heavy atom. The van der Waals surface area contributed by atoms with Gasteiger partial charge in [-0.3, -0.25) is 0 Å². The topological polar surface area (TPSA) is 52.3 Å². The zero-order chi connectivity index (χ0) is 18.9. The van der Waals surface area contributed by atoms with Gasteiger partial charge in [0.25, 0.3) is 0 Å². The minimum Gasteiger partial charge on any atom is -0.441 e. The van der Waals surface area contributed by atoms with Gasteiger partial charge in [-0.15, -0.1) is 0 Å². The number of aryl methyl sites for hydroxylation is 1. The highest BCUT2D eigenvalue weighted by atomic mass is 16.6. The van der Waals surface area contributed by atoms with Crippen molar-refractivity contribution >= 4 is 6.09 Å². The molecule has 3 rings (SSSR count). The maximum atomic E-state index is 11.4. The Morgan fingerprint density at radius 2 is 1.92 bits per heavy atom. The molecule has 1 amide bonds. The van der Waals surface area contributed by atoms with E-state index >= 15 is 0 Å². The molecule has 2 aromatic rings. The first-order valence-corrected chi connectivity index (χ1v) is 9.44. The third-order valence-electron chi connectivity index (χ3n) is 5.31. The lowest BCUT2D eigenvalue weighted by Crippen LogP contribution is -2.33. The Morgan fingerprint density at radius 3 is 2.62 bits per heavy atom. The molecule has 0 fully saturated rings. The third-order valence-corrected chi connectivity index (χ3v) is 5.31. The van der Waals surface area contributed by atoms with Crippen molar-refractivity contribution in [1.29, 1.82) is 0 Å². The smallest absolute Gasteiger partial charge is 0.405 e. The van der Waals surface area contributed by atoms with E-state index in [0.717, 1.165) is 24.8 Å². The average molecular weight is 351 g/mol. The van der Waals surface area contributed by atoms with Gasteiger partial charge in [-0.1, -0.05) is 70.2 Å². The van der Waals surface area contributed by atoms with Crippen LogP contribution in [0.15, 0.2) is 42.5 Å². The Hall–Kier alpha value is -2.29. The fourth-order valence-electron chi connectivity index (χ4n) is 3.95. The molecule has 3 heteroatoms. The number of carbonyl (C=O) groups is 1. The van der Waals surface area contributed by atoms with Crippen molar-refractivity contribution in [2.24, 2.45) is 17.1 Å². The lowest BCUT2D eigenvalue weighted by molar-refractivity contribution is 0.0147. The summed E-state index contributed by atoms with van der Waals surface area (Å²) < 4.78 is 5.48. The van der Waals surface area contributed by atoms with Crippen molar-refractivity contribution in [3.05, 3.63) is 59.2 Å². The van der Waals surface area contributed by atoms with Gasteiger partial charge in [-0.2, -0.15) is 0 Å². The van der Waals surface area contributed by atoms with Crippen LogP contribution in [0.2, 0.25) is 0 Å². The normalized spacial score (nSPS) is 18.4. The van der Waals surface area contributed by atoms with Gasteiger partial charge in [-0.25, -0.2) is 4.79 Å². The first-order valence-electron chi connectivity index (χ1n) is 9.44. The number of hydrogen-bond donors (Lipinski definition) is 1. The van der Waals surface area contributed by atoms with Crippen molar-refractivity contribution < 1.29 is 9.53 Å². The fraction of sp³-hybridized carbons (Fsp3) is 0.435. The van der Waals surface area contributed by atoms with Crippen molar-refractivity contribution in [2.45, 2.75) is 53.1 Å². The number of carbonyl (C=O) groups excluding carboxylic acids is 1. The standard InChI is InChI=1S/C23H29NO2/c1-15(2)12-16-6-5-7-17(13-16)18-8-9-20-19(14-18)10-11-23(3,4)21(20)26-22(24)25/h5-9,13-15,21H,10-12H2,1-4H3,(H2,24,25)/t21-/m0/s1. The monoisotopic (exact) mass is 351 g/mol. The SMILES string of the molecule is CC(C)Cc1cccc(-c2ccc3c(c2)CCC(C)(C)[C@H]3OC(N)=O)c1. The number of ether oxygens (including phenoxy) is 1. The second-order valence-electron chi connectivity index (χ2n) is 8.52. The molecule has 0 bridgehead atoms. The predicted molar refractivity (Wildman–Crippen MR) is 106 cm³/mol. The van der Waals surface area contributed by atoms with E-state index in [-0.39, 0.29) is 11.5 Å². The first kappa shape index (κ1) is 18.5. The van der Waals surface area contributed by atoms with Crippen LogP contribution < -0.4 is 5.73 Å². The van der Waals surface area contributed by atoms with E-state index in [4.69, 9.17) is 10.5 Å². The summed E-state index contributed by atoms with van der Waals surface area (Å²) in [5.74, 6) is 0.641. The number of nitrogens with two attached hydrogens (primary N) is 1. The predicted octanol–water partition coefficient (Wildman–Crippen LogP) is 5.66. The van der Waals surface area contributed by atoms with Gasteiger partial charge in [0.1, 0.15) is 6.10 Å². The minimum atomic E-state index is -0.707. The molecule has 0 radical (unpaired) electrons. The molecule has 0 aromatic heterocycles. The Bertz CT molecular complexity index is 808. The molecule has 26 heavy (non-hydrogen) atoms. The number of benzene rings is 2. The van der Waals surface area contributed by atoms with Crippen molar-refractivity contribution in [1.82, 2.24) is 0 Å². The van der Waals surface area contributed by atoms with Gasteiger partial charge < -0.3 is 10.5 Å². The average Bonchev–Trinajstić information content (AvgIpc) is 2.56. The molecule has 3 nitrogen and oxygen atoms in total. The van der Waals surface area contributed by atoms with Crippen LogP contribution in [0.3, 0.4) is 0 Å². The van der Waals surface area contributed by atoms with Gasteiger partial charge in [0.15, 0.2) is 0 Å². The van der Waals surface area contributed by atoms with E-state index in [0.29, 0.717) is 5.92 Å². The summed E-state index contributed by atoms with van der Waals surface area (Å²) in [4.78, 5) is 11.4. The number of amides is 1. The number of fused-ring (bicyclic) bond motifs is 1. The summed E-state index contributed by atoms with van der Waals surface area (Å²) in [5, 5.41) is 0. The molecule has 0 spiro atoms. The molecule has 2 N–H and O–H groups in total. The zero-order valence-corrected chi connectivity index (χ0v) is 16.2. The van der Waals surface area contributed by atoms with Crippen LogP contribution in [0.1, 0.15) is 56.9 Å². The van der Waals surface area contributed by atoms with E-state index in [9.17, 15) is 4.79 Å². The quantitative estimate of drug-likeness (QED) is 0.772.